The Kier molecular flexibility index (Phi) is 39.8. The number of carbonyl (C=O) groups is 8. The summed E-state index contributed by atoms with van der Waals surface area (Å²) in [5.74, 6) is -6.23. The predicted molar refractivity (Wildman–Crippen MR) is 481 cm³/mol. The summed E-state index contributed by atoms with van der Waals surface area (Å²) in [7, 11) is 0. The van der Waals surface area contributed by atoms with E-state index in [0.29, 0.717) is 51.4 Å². The molecule has 0 saturated carbocycles. The first-order valence-corrected chi connectivity index (χ1v) is 46.0. The van der Waals surface area contributed by atoms with Crippen LogP contribution in [-0.2, 0) is 76.3 Å². The summed E-state index contributed by atoms with van der Waals surface area (Å²) >= 11 is 0. The van der Waals surface area contributed by atoms with Crippen LogP contribution in [0.4, 0.5) is 0 Å². The number of hydrogen-bond acceptors (Lipinski definition) is 30. The Labute approximate surface area is 749 Å². The molecule has 698 valence electrons. The van der Waals surface area contributed by atoms with Crippen LogP contribution in [-0.4, -0.2) is 189 Å². The average Bonchev–Trinajstić information content (AvgIpc) is 1.59. The summed E-state index contributed by atoms with van der Waals surface area (Å²) in [6, 6.07) is 12.4. The van der Waals surface area contributed by atoms with Crippen LogP contribution >= 0.6 is 0 Å². The third-order valence-electron chi connectivity index (χ3n) is 21.1. The van der Waals surface area contributed by atoms with Gasteiger partial charge in [0.2, 0.25) is 0 Å². The summed E-state index contributed by atoms with van der Waals surface area (Å²) in [6.07, 6.45) is 8.09. The van der Waals surface area contributed by atoms with E-state index in [9.17, 15) is 38.4 Å². The van der Waals surface area contributed by atoms with Gasteiger partial charge in [0.25, 0.3) is 0 Å². The van der Waals surface area contributed by atoms with Crippen LogP contribution in [0.3, 0.4) is 0 Å². The molecule has 128 heavy (non-hydrogen) atoms. The van der Waals surface area contributed by atoms with Gasteiger partial charge in [0.05, 0.1) is 52.9 Å². The van der Waals surface area contributed by atoms with E-state index in [1.165, 1.54) is 55.4 Å². The molecule has 32 heteroatoms. The molecule has 0 spiro atoms. The van der Waals surface area contributed by atoms with Crippen molar-refractivity contribution in [2.45, 2.75) is 314 Å². The van der Waals surface area contributed by atoms with Gasteiger partial charge >= 0.3 is 47.8 Å². The largest absolute Gasteiger partial charge is 0.475 e. The third kappa shape index (κ3) is 28.2. The summed E-state index contributed by atoms with van der Waals surface area (Å²) in [4.78, 5) is 151. The number of ether oxygens (including phenoxy) is 16. The number of aromatic amines is 2. The first-order chi connectivity index (χ1) is 61.8. The van der Waals surface area contributed by atoms with Crippen molar-refractivity contribution in [2.75, 3.05) is 52.9 Å². The van der Waals surface area contributed by atoms with Crippen LogP contribution in [0, 0.1) is 0 Å². The highest BCUT2D eigenvalue weighted by Gasteiger charge is 2.34. The molecule has 2 aliphatic heterocycles. The number of carbonyl (C=O) groups excluding carboxylic acids is 8. The van der Waals surface area contributed by atoms with Gasteiger partial charge in [-0.05, 0) is 155 Å². The Balaban J connectivity index is 1.45. The normalized spacial score (nSPS) is 13.4. The van der Waals surface area contributed by atoms with Crippen LogP contribution in [0.1, 0.15) is 265 Å². The van der Waals surface area contributed by atoms with Gasteiger partial charge in [-0.2, -0.15) is 0 Å². The van der Waals surface area contributed by atoms with Crippen molar-refractivity contribution in [2.24, 2.45) is 0 Å². The number of benzene rings is 4. The number of unbranched alkanes of at least 4 members (excludes halogenated alkanes) is 16. The molecule has 0 aliphatic carbocycles. The molecule has 7 aromatic rings. The SMILES string of the molecule is CCCCCOC(=O)C(C)Oc1cc2c(cc1OC(C)C(=O)OCCCCC)-c1nc-2nc2[nH]c(nc3nc(nc4[nH]c(n1)c1cc(OC(C)C(=O)OCCCCC)c(OC(C)C(=O)OCCCCC)cc41)-c1cc(OC(C)C(=O)OCCCCC)c(OC(C)C(=O)OCCCCC)cc1-3)c1cc(OC(C)C(=O)OCCCCC)c(OC(C)C(=O)OCCCCC)cc21. The Morgan fingerprint density at radius 3 is 0.500 bits per heavy atom. The highest BCUT2D eigenvalue weighted by Crippen LogP contribution is 2.48. The number of aromatic nitrogens is 8. The highest BCUT2D eigenvalue weighted by molar-refractivity contribution is 6.08. The molecule has 4 aromatic carbocycles. The molecule has 32 nitrogen and oxygen atoms in total. The van der Waals surface area contributed by atoms with Crippen LogP contribution in [0.15, 0.2) is 48.5 Å². The maximum Gasteiger partial charge on any atom is 0.347 e. The number of nitrogens with zero attached hydrogens (tertiary/aromatic N) is 6. The van der Waals surface area contributed by atoms with Gasteiger partial charge in [0.15, 0.2) is 118 Å². The van der Waals surface area contributed by atoms with Crippen molar-refractivity contribution in [1.29, 1.82) is 0 Å². The number of H-pyrrole nitrogens is 2. The maximum atomic E-state index is 14.0. The minimum atomic E-state index is -1.28. The predicted octanol–water partition coefficient (Wildman–Crippen LogP) is 18.9. The Bertz CT molecular complexity index is 4480. The lowest BCUT2D eigenvalue weighted by Crippen LogP contribution is -2.28. The lowest BCUT2D eigenvalue weighted by atomic mass is 10.1. The second-order valence-electron chi connectivity index (χ2n) is 32.1. The zero-order valence-electron chi connectivity index (χ0n) is 77.3. The van der Waals surface area contributed by atoms with Crippen molar-refractivity contribution >= 4 is 91.9 Å². The van der Waals surface area contributed by atoms with E-state index in [4.69, 9.17) is 106 Å². The molecular weight excluding hydrogens is 1650 g/mol. The Morgan fingerprint density at radius 1 is 0.219 bits per heavy atom. The van der Waals surface area contributed by atoms with Crippen LogP contribution in [0.25, 0.3) is 89.7 Å². The van der Waals surface area contributed by atoms with Gasteiger partial charge in [0, 0.05) is 43.8 Å². The molecule has 3 aromatic heterocycles. The number of hydrogen-bond donors (Lipinski definition) is 2. The van der Waals surface area contributed by atoms with E-state index in [0.717, 1.165) is 103 Å². The minimum Gasteiger partial charge on any atom is -0.475 e. The molecule has 0 saturated heterocycles. The molecule has 5 heterocycles. The zero-order chi connectivity index (χ0) is 92.3. The number of rotatable bonds is 56. The van der Waals surface area contributed by atoms with Crippen LogP contribution in [0.5, 0.6) is 46.0 Å². The number of fused-ring (bicyclic) bond motifs is 20. The van der Waals surface area contributed by atoms with E-state index in [1.807, 2.05) is 55.4 Å². The zero-order valence-corrected chi connectivity index (χ0v) is 77.3. The second kappa shape index (κ2) is 50.8. The summed E-state index contributed by atoms with van der Waals surface area (Å²) in [5, 5.41) is 0.986. The lowest BCUT2D eigenvalue weighted by Gasteiger charge is -2.20. The van der Waals surface area contributed by atoms with Gasteiger partial charge in [-0.15, -0.1) is 0 Å². The van der Waals surface area contributed by atoms with E-state index in [1.54, 1.807) is 48.5 Å². The highest BCUT2D eigenvalue weighted by atomic mass is 16.6. The maximum absolute atomic E-state index is 14.0. The molecule has 0 fully saturated rings. The van der Waals surface area contributed by atoms with Crippen molar-refractivity contribution in [3.05, 3.63) is 48.5 Å². The van der Waals surface area contributed by atoms with Crippen LogP contribution < -0.4 is 37.9 Å². The van der Waals surface area contributed by atoms with Gasteiger partial charge in [-0.3, -0.25) is 0 Å². The summed E-state index contributed by atoms with van der Waals surface area (Å²) in [6.45, 7) is 29.4. The molecule has 2 N–H and O–H groups in total. The number of esters is 8. The second-order valence-corrected chi connectivity index (χ2v) is 32.1. The van der Waals surface area contributed by atoms with Gasteiger partial charge < -0.3 is 85.8 Å². The quantitative estimate of drug-likeness (QED) is 0.0203. The fourth-order valence-electron chi connectivity index (χ4n) is 13.6. The topological polar surface area (TPSA) is 393 Å². The smallest absolute Gasteiger partial charge is 0.347 e. The molecule has 8 unspecified atom stereocenters. The fraction of sp³-hybridized carbons (Fsp3) is 0.583. The molecule has 0 radical (unpaired) electrons. The van der Waals surface area contributed by atoms with Crippen molar-refractivity contribution < 1.29 is 114 Å². The summed E-state index contributed by atoms with van der Waals surface area (Å²) in [5.41, 5.74) is 0.981. The van der Waals surface area contributed by atoms with Crippen LogP contribution in [0.2, 0.25) is 0 Å². The monoisotopic (exact) mass is 1780 g/mol. The summed E-state index contributed by atoms with van der Waals surface area (Å²) < 4.78 is 98.6. The third-order valence-corrected chi connectivity index (χ3v) is 21.1. The van der Waals surface area contributed by atoms with Crippen molar-refractivity contribution in [3.8, 4) is 91.5 Å². The van der Waals surface area contributed by atoms with E-state index >= 15 is 0 Å². The van der Waals surface area contributed by atoms with Crippen molar-refractivity contribution in [1.82, 2.24) is 39.9 Å². The van der Waals surface area contributed by atoms with Crippen molar-refractivity contribution in [3.63, 3.8) is 0 Å². The molecule has 2 aliphatic rings. The fourth-order valence-corrected chi connectivity index (χ4v) is 13.6. The standard InChI is InChI=1S/C96H130N8O24/c1-17-25-33-41-113-89(105)57(9)121-73-49-65-66(50-74(73)122-58(10)90(106)114-42-34-26-18-2)82-97-81(65)101-83-67-51-75(123-59(11)91(107)115-43-35-27-19-3)76(124-60(12)92(108)116-44-36-28-20-4)52-68(67)85(98-83)103-87-71-55-79(127-63(15)95(111)119-47-39-31-23-7)80(128-64(16)96(112)120-48-40-32-24-8)56-72(71)88(100-87)104-86-70-54-78(126-62(14)94(110)118-46-38-30-22-6)77(53-69(70)84(99-86)102-82)125-61(13)93(109)117-45-37-29-21-5/h49-64H,17-48H2,1-16H3,(H2,97,98,99,100,101,102,103,104). The molecule has 8 atom stereocenters. The first kappa shape index (κ1) is 100. The van der Waals surface area contributed by atoms with E-state index < -0.39 is 96.6 Å². The average molecular weight is 1780 g/mol. The Hall–Kier alpha value is -11.6. The molecule has 9 rings (SSSR count). The minimum absolute atomic E-state index is 0.0268. The van der Waals surface area contributed by atoms with E-state index in [-0.39, 0.29) is 189 Å². The molecule has 8 bridgehead atoms. The molecular formula is C96H130N8O24. The molecule has 0 amide bonds. The van der Waals surface area contributed by atoms with Gasteiger partial charge in [0.1, 0.15) is 22.6 Å². The van der Waals surface area contributed by atoms with Gasteiger partial charge in [-0.1, -0.05) is 158 Å². The van der Waals surface area contributed by atoms with Gasteiger partial charge in [-0.25, -0.2) is 68.3 Å². The number of nitrogens with one attached hydrogen (secondary N) is 2. The lowest BCUT2D eigenvalue weighted by molar-refractivity contribution is -0.152. The van der Waals surface area contributed by atoms with E-state index in [2.05, 4.69) is 9.97 Å². The Morgan fingerprint density at radius 2 is 0.359 bits per heavy atom. The first-order valence-electron chi connectivity index (χ1n) is 46.0.